The van der Waals surface area contributed by atoms with E-state index < -0.39 is 11.7 Å². The summed E-state index contributed by atoms with van der Waals surface area (Å²) in [6.07, 6.45) is 0.294. The maximum Gasteiger partial charge on any atom is 0.243 e. The molecule has 2 aromatic rings. The molecule has 0 heterocycles. The van der Waals surface area contributed by atoms with Crippen LogP contribution >= 0.6 is 11.6 Å². The van der Waals surface area contributed by atoms with Gasteiger partial charge in [0.05, 0.1) is 11.6 Å². The molecule has 0 aliphatic carbocycles. The first-order valence-corrected chi connectivity index (χ1v) is 7.98. The van der Waals surface area contributed by atoms with Gasteiger partial charge in [0.2, 0.25) is 11.8 Å². The number of benzene rings is 2. The van der Waals surface area contributed by atoms with Crippen molar-refractivity contribution in [2.24, 2.45) is 0 Å². The van der Waals surface area contributed by atoms with Crippen molar-refractivity contribution in [1.82, 2.24) is 4.90 Å². The lowest BCUT2D eigenvalue weighted by atomic mass is 10.1. The fraction of sp³-hybridized carbons (Fsp3) is 0.222. The second-order valence-electron chi connectivity index (χ2n) is 5.46. The number of halogens is 3. The molecule has 0 unspecified atom stereocenters. The van der Waals surface area contributed by atoms with Gasteiger partial charge in [0.1, 0.15) is 11.6 Å². The third-order valence-electron chi connectivity index (χ3n) is 3.59. The van der Waals surface area contributed by atoms with Gasteiger partial charge in [-0.25, -0.2) is 8.78 Å². The van der Waals surface area contributed by atoms with Crippen LogP contribution in [0, 0.1) is 11.6 Å². The highest BCUT2D eigenvalue weighted by Gasteiger charge is 2.15. The Hall–Kier alpha value is -2.47. The van der Waals surface area contributed by atoms with E-state index in [1.54, 1.807) is 18.2 Å². The molecule has 0 bridgehead atoms. The van der Waals surface area contributed by atoms with Crippen molar-refractivity contribution in [2.75, 3.05) is 18.4 Å². The summed E-state index contributed by atoms with van der Waals surface area (Å²) in [4.78, 5) is 25.1. The first kappa shape index (κ1) is 18.9. The van der Waals surface area contributed by atoms with E-state index in [0.717, 1.165) is 6.07 Å². The van der Waals surface area contributed by atoms with Gasteiger partial charge < -0.3 is 10.2 Å². The highest BCUT2D eigenvalue weighted by atomic mass is 35.5. The van der Waals surface area contributed by atoms with E-state index in [1.807, 2.05) is 0 Å². The minimum Gasteiger partial charge on any atom is -0.333 e. The van der Waals surface area contributed by atoms with E-state index in [2.05, 4.69) is 5.32 Å². The Balaban J connectivity index is 1.96. The smallest absolute Gasteiger partial charge is 0.243 e. The average molecular weight is 367 g/mol. The summed E-state index contributed by atoms with van der Waals surface area (Å²) in [5.74, 6) is -1.69. The van der Waals surface area contributed by atoms with Gasteiger partial charge in [-0.15, -0.1) is 0 Å². The molecule has 0 saturated heterocycles. The predicted molar refractivity (Wildman–Crippen MR) is 92.4 cm³/mol. The Labute approximate surface area is 149 Å². The van der Waals surface area contributed by atoms with Crippen molar-refractivity contribution in [1.29, 1.82) is 0 Å². The van der Waals surface area contributed by atoms with Gasteiger partial charge in [0.15, 0.2) is 0 Å². The zero-order chi connectivity index (χ0) is 18.4. The normalized spacial score (nSPS) is 10.4. The van der Waals surface area contributed by atoms with Crippen molar-refractivity contribution in [3.8, 4) is 0 Å². The Morgan fingerprint density at radius 2 is 1.84 bits per heavy atom. The van der Waals surface area contributed by atoms with Crippen LogP contribution in [0.4, 0.5) is 14.5 Å². The molecule has 0 fully saturated rings. The minimum atomic E-state index is -0.588. The molecule has 0 aromatic heterocycles. The fourth-order valence-electron chi connectivity index (χ4n) is 2.25. The van der Waals surface area contributed by atoms with Crippen LogP contribution in [0.15, 0.2) is 42.5 Å². The van der Waals surface area contributed by atoms with Gasteiger partial charge in [-0.2, -0.15) is 0 Å². The molecular formula is C18H17ClF2N2O2. The summed E-state index contributed by atoms with van der Waals surface area (Å²) in [6.45, 7) is 1.34. The standard InChI is InChI=1S/C18H17ClF2N2O2/c1-12(24)23(9-8-13-4-2-3-5-16(13)20)11-18(25)22-14-6-7-17(21)15(19)10-14/h2-7,10H,8-9,11H2,1H3,(H,22,25). The van der Waals surface area contributed by atoms with Gasteiger partial charge in [0.25, 0.3) is 0 Å². The summed E-state index contributed by atoms with van der Waals surface area (Å²) >= 11 is 5.66. The Morgan fingerprint density at radius 1 is 1.12 bits per heavy atom. The quantitative estimate of drug-likeness (QED) is 0.848. The third-order valence-corrected chi connectivity index (χ3v) is 3.88. The second-order valence-corrected chi connectivity index (χ2v) is 5.87. The number of carbonyl (C=O) groups is 2. The molecule has 2 aromatic carbocycles. The van der Waals surface area contributed by atoms with Gasteiger partial charge in [-0.05, 0) is 36.2 Å². The van der Waals surface area contributed by atoms with Crippen LogP contribution in [0.3, 0.4) is 0 Å². The number of anilines is 1. The van der Waals surface area contributed by atoms with Crippen molar-refractivity contribution in [3.63, 3.8) is 0 Å². The van der Waals surface area contributed by atoms with Gasteiger partial charge in [-0.3, -0.25) is 9.59 Å². The number of nitrogens with zero attached hydrogens (tertiary/aromatic N) is 1. The lowest BCUT2D eigenvalue weighted by Gasteiger charge is -2.20. The van der Waals surface area contributed by atoms with Crippen molar-refractivity contribution < 1.29 is 18.4 Å². The number of hydrogen-bond donors (Lipinski definition) is 1. The highest BCUT2D eigenvalue weighted by Crippen LogP contribution is 2.19. The molecule has 2 amide bonds. The number of rotatable bonds is 6. The minimum absolute atomic E-state index is 0.110. The van der Waals surface area contributed by atoms with Crippen molar-refractivity contribution >= 4 is 29.1 Å². The molecule has 0 radical (unpaired) electrons. The molecule has 2 rings (SSSR count). The number of nitrogens with one attached hydrogen (secondary N) is 1. The van der Waals surface area contributed by atoms with Crippen LogP contribution in [-0.2, 0) is 16.0 Å². The Kier molecular flexibility index (Phi) is 6.47. The lowest BCUT2D eigenvalue weighted by molar-refractivity contribution is -0.132. The molecule has 7 heteroatoms. The van der Waals surface area contributed by atoms with E-state index in [9.17, 15) is 18.4 Å². The summed E-state index contributed by atoms with van der Waals surface area (Å²) < 4.78 is 26.8. The third kappa shape index (κ3) is 5.53. The van der Waals surface area contributed by atoms with E-state index in [4.69, 9.17) is 11.6 Å². The molecule has 1 N–H and O–H groups in total. The van der Waals surface area contributed by atoms with Crippen LogP contribution in [0.5, 0.6) is 0 Å². The van der Waals surface area contributed by atoms with Crippen LogP contribution in [0.25, 0.3) is 0 Å². The molecule has 0 aliphatic heterocycles. The number of carbonyl (C=O) groups excluding carboxylic acids is 2. The largest absolute Gasteiger partial charge is 0.333 e. The van der Waals surface area contributed by atoms with Gasteiger partial charge in [0, 0.05) is 19.2 Å². The molecular weight excluding hydrogens is 350 g/mol. The van der Waals surface area contributed by atoms with Gasteiger partial charge in [-0.1, -0.05) is 29.8 Å². The van der Waals surface area contributed by atoms with E-state index >= 15 is 0 Å². The summed E-state index contributed by atoms with van der Waals surface area (Å²) in [5, 5.41) is 2.44. The second kappa shape index (κ2) is 8.58. The molecule has 0 spiro atoms. The molecule has 4 nitrogen and oxygen atoms in total. The average Bonchev–Trinajstić information content (AvgIpc) is 2.56. The molecule has 0 aliphatic rings. The summed E-state index contributed by atoms with van der Waals surface area (Å²) in [5.41, 5.74) is 0.800. The van der Waals surface area contributed by atoms with Crippen LogP contribution in [0.1, 0.15) is 12.5 Å². The monoisotopic (exact) mass is 366 g/mol. The SMILES string of the molecule is CC(=O)N(CCc1ccccc1F)CC(=O)Nc1ccc(F)c(Cl)c1. The summed E-state index contributed by atoms with van der Waals surface area (Å²) in [7, 11) is 0. The summed E-state index contributed by atoms with van der Waals surface area (Å²) in [6, 6.07) is 10.1. The first-order valence-electron chi connectivity index (χ1n) is 7.60. The lowest BCUT2D eigenvalue weighted by Crippen LogP contribution is -2.38. The maximum absolute atomic E-state index is 13.6. The number of hydrogen-bond acceptors (Lipinski definition) is 2. The van der Waals surface area contributed by atoms with Crippen LogP contribution in [-0.4, -0.2) is 29.8 Å². The van der Waals surface area contributed by atoms with E-state index in [0.29, 0.717) is 17.7 Å². The Bertz CT molecular complexity index is 783. The Morgan fingerprint density at radius 3 is 2.48 bits per heavy atom. The molecule has 25 heavy (non-hydrogen) atoms. The van der Waals surface area contributed by atoms with Crippen molar-refractivity contribution in [2.45, 2.75) is 13.3 Å². The first-order chi connectivity index (χ1) is 11.9. The van der Waals surface area contributed by atoms with Crippen LogP contribution < -0.4 is 5.32 Å². The molecule has 0 saturated carbocycles. The van der Waals surface area contributed by atoms with Gasteiger partial charge >= 0.3 is 0 Å². The van der Waals surface area contributed by atoms with E-state index in [1.165, 1.54) is 30.0 Å². The van der Waals surface area contributed by atoms with Crippen molar-refractivity contribution in [3.05, 3.63) is 64.7 Å². The zero-order valence-electron chi connectivity index (χ0n) is 13.6. The van der Waals surface area contributed by atoms with E-state index in [-0.39, 0.29) is 29.8 Å². The zero-order valence-corrected chi connectivity index (χ0v) is 14.3. The molecule has 0 atom stereocenters. The predicted octanol–water partition coefficient (Wildman–Crippen LogP) is 3.65. The van der Waals surface area contributed by atoms with Crippen LogP contribution in [0.2, 0.25) is 5.02 Å². The maximum atomic E-state index is 13.6. The number of amides is 2. The molecule has 132 valence electrons. The fourth-order valence-corrected chi connectivity index (χ4v) is 2.43. The topological polar surface area (TPSA) is 49.4 Å². The highest BCUT2D eigenvalue weighted by molar-refractivity contribution is 6.31.